The minimum atomic E-state index is -0.925. The van der Waals surface area contributed by atoms with E-state index in [1.165, 1.54) is 44.1 Å². The zero-order valence-corrected chi connectivity index (χ0v) is 19.0. The molecule has 0 radical (unpaired) electrons. The van der Waals surface area contributed by atoms with Gasteiger partial charge in [-0.05, 0) is 116 Å². The maximum absolute atomic E-state index is 11.2. The molecule has 4 saturated carbocycles. The Hall–Kier alpha value is -3.14. The number of rotatable bonds is 5. The van der Waals surface area contributed by atoms with Gasteiger partial charge in [0.15, 0.2) is 0 Å². The van der Waals surface area contributed by atoms with Gasteiger partial charge < -0.3 is 9.52 Å². The fourth-order valence-corrected chi connectivity index (χ4v) is 7.14. The van der Waals surface area contributed by atoms with E-state index in [0.717, 1.165) is 34.6 Å². The third kappa shape index (κ3) is 3.72. The van der Waals surface area contributed by atoms with Crippen LogP contribution >= 0.6 is 0 Å². The lowest BCUT2D eigenvalue weighted by Crippen LogP contribution is -2.48. The normalized spacial score (nSPS) is 28.0. The molecule has 0 saturated heterocycles. The van der Waals surface area contributed by atoms with E-state index < -0.39 is 5.97 Å². The van der Waals surface area contributed by atoms with Gasteiger partial charge >= 0.3 is 5.97 Å². The number of carboxylic acids is 1. The van der Waals surface area contributed by atoms with Crippen LogP contribution in [0.15, 0.2) is 64.0 Å². The molecule has 0 atom stereocenters. The van der Waals surface area contributed by atoms with Gasteiger partial charge in [-0.1, -0.05) is 18.2 Å². The van der Waals surface area contributed by atoms with Crippen LogP contribution in [0.5, 0.6) is 0 Å². The molecule has 1 N–H and O–H groups in total. The summed E-state index contributed by atoms with van der Waals surface area (Å²) in [6, 6.07) is 17.8. The summed E-state index contributed by atoms with van der Waals surface area (Å²) in [4.78, 5) is 15.8. The number of hydrogen-bond donors (Lipinski definition) is 1. The SMILES string of the molecule is Cc1cc(C(=O)O)ccc1-c1ccc(C=Nc2ccc(C34CC5CC(CC(C5)C3)C4)cc2)o1. The highest BCUT2D eigenvalue weighted by Crippen LogP contribution is 2.60. The number of furan rings is 1. The molecule has 0 aliphatic heterocycles. The molecule has 0 unspecified atom stereocenters. The highest BCUT2D eigenvalue weighted by atomic mass is 16.4. The molecule has 4 heteroatoms. The Labute approximate surface area is 194 Å². The maximum atomic E-state index is 11.2. The minimum Gasteiger partial charge on any atom is -0.478 e. The fourth-order valence-electron chi connectivity index (χ4n) is 7.14. The van der Waals surface area contributed by atoms with Gasteiger partial charge in [-0.2, -0.15) is 0 Å². The van der Waals surface area contributed by atoms with Crippen LogP contribution in [0.3, 0.4) is 0 Å². The van der Waals surface area contributed by atoms with Gasteiger partial charge in [0.05, 0.1) is 17.5 Å². The van der Waals surface area contributed by atoms with Crippen LogP contribution in [0.2, 0.25) is 0 Å². The zero-order valence-electron chi connectivity index (χ0n) is 19.0. The zero-order chi connectivity index (χ0) is 22.6. The lowest BCUT2D eigenvalue weighted by Gasteiger charge is -2.57. The highest BCUT2D eigenvalue weighted by Gasteiger charge is 2.51. The van der Waals surface area contributed by atoms with Crippen molar-refractivity contribution in [2.45, 2.75) is 50.9 Å². The van der Waals surface area contributed by atoms with Crippen molar-refractivity contribution in [2.75, 3.05) is 0 Å². The molecule has 1 heterocycles. The smallest absolute Gasteiger partial charge is 0.335 e. The first-order chi connectivity index (χ1) is 16.0. The molecule has 4 aliphatic rings. The van der Waals surface area contributed by atoms with Crippen molar-refractivity contribution in [3.63, 3.8) is 0 Å². The van der Waals surface area contributed by atoms with Gasteiger partial charge in [-0.3, -0.25) is 4.99 Å². The number of aryl methyl sites for hydroxylation is 1. The minimum absolute atomic E-state index is 0.279. The second-order valence-corrected chi connectivity index (χ2v) is 10.5. The van der Waals surface area contributed by atoms with Crippen LogP contribution < -0.4 is 0 Å². The first-order valence-corrected chi connectivity index (χ1v) is 12.1. The topological polar surface area (TPSA) is 62.8 Å². The number of hydrogen-bond acceptors (Lipinski definition) is 3. The number of aromatic carboxylic acids is 1. The Balaban J connectivity index is 1.18. The largest absolute Gasteiger partial charge is 0.478 e. The van der Waals surface area contributed by atoms with Gasteiger partial charge in [0.2, 0.25) is 0 Å². The average molecular weight is 440 g/mol. The van der Waals surface area contributed by atoms with Crippen LogP contribution in [0.25, 0.3) is 11.3 Å². The summed E-state index contributed by atoms with van der Waals surface area (Å²) in [5.41, 5.74) is 4.90. The third-order valence-corrected chi connectivity index (χ3v) is 8.22. The van der Waals surface area contributed by atoms with Crippen molar-refractivity contribution in [2.24, 2.45) is 22.7 Å². The van der Waals surface area contributed by atoms with Crippen LogP contribution in [0.4, 0.5) is 5.69 Å². The van der Waals surface area contributed by atoms with Gasteiger partial charge in [-0.25, -0.2) is 4.79 Å². The van der Waals surface area contributed by atoms with E-state index in [4.69, 9.17) is 9.52 Å². The Bertz CT molecular complexity index is 1200. The van der Waals surface area contributed by atoms with Crippen molar-refractivity contribution in [1.82, 2.24) is 0 Å². The predicted octanol–water partition coefficient (Wildman–Crippen LogP) is 7.17. The molecule has 4 bridgehead atoms. The quantitative estimate of drug-likeness (QED) is 0.429. The Kier molecular flexibility index (Phi) is 4.79. The summed E-state index contributed by atoms with van der Waals surface area (Å²) in [5, 5.41) is 9.16. The lowest BCUT2D eigenvalue weighted by atomic mass is 9.48. The van der Waals surface area contributed by atoms with Crippen LogP contribution in [-0.4, -0.2) is 17.3 Å². The molecule has 168 valence electrons. The maximum Gasteiger partial charge on any atom is 0.335 e. The summed E-state index contributed by atoms with van der Waals surface area (Å²) in [6.45, 7) is 1.89. The molecule has 33 heavy (non-hydrogen) atoms. The molecule has 1 aromatic heterocycles. The lowest BCUT2D eigenvalue weighted by molar-refractivity contribution is -0.00518. The predicted molar refractivity (Wildman–Crippen MR) is 129 cm³/mol. The van der Waals surface area contributed by atoms with Crippen molar-refractivity contribution in [1.29, 1.82) is 0 Å². The van der Waals surface area contributed by atoms with E-state index in [9.17, 15) is 4.79 Å². The molecule has 0 spiro atoms. The average Bonchev–Trinajstić information content (AvgIpc) is 3.26. The highest BCUT2D eigenvalue weighted by molar-refractivity contribution is 5.89. The molecular weight excluding hydrogens is 410 g/mol. The Morgan fingerprint density at radius 3 is 2.24 bits per heavy atom. The second-order valence-electron chi connectivity index (χ2n) is 10.5. The summed E-state index contributed by atoms with van der Waals surface area (Å²) in [6.07, 6.45) is 10.3. The molecule has 2 aromatic carbocycles. The molecular formula is C29H29NO3. The molecule has 3 aromatic rings. The summed E-state index contributed by atoms with van der Waals surface area (Å²) in [7, 11) is 0. The number of carboxylic acid groups (broad SMARTS) is 1. The molecule has 7 rings (SSSR count). The summed E-state index contributed by atoms with van der Waals surface area (Å²) < 4.78 is 5.96. The van der Waals surface area contributed by atoms with E-state index in [2.05, 4.69) is 29.3 Å². The van der Waals surface area contributed by atoms with E-state index in [1.807, 2.05) is 19.1 Å². The van der Waals surface area contributed by atoms with E-state index in [1.54, 1.807) is 24.4 Å². The van der Waals surface area contributed by atoms with Crippen LogP contribution in [0, 0.1) is 24.7 Å². The molecule has 0 amide bonds. The fraction of sp³-hybridized carbons (Fsp3) is 0.379. The van der Waals surface area contributed by atoms with Crippen LogP contribution in [-0.2, 0) is 5.41 Å². The second kappa shape index (κ2) is 7.72. The summed E-state index contributed by atoms with van der Waals surface area (Å²) >= 11 is 0. The van der Waals surface area contributed by atoms with Gasteiger partial charge in [0, 0.05) is 5.56 Å². The molecule has 4 nitrogen and oxygen atoms in total. The summed E-state index contributed by atoms with van der Waals surface area (Å²) in [5.74, 6) is 3.31. The van der Waals surface area contributed by atoms with E-state index in [0.29, 0.717) is 16.9 Å². The van der Waals surface area contributed by atoms with Gasteiger partial charge in [-0.15, -0.1) is 0 Å². The van der Waals surface area contributed by atoms with Crippen molar-refractivity contribution in [3.8, 4) is 11.3 Å². The molecule has 4 fully saturated rings. The molecule has 4 aliphatic carbocycles. The Morgan fingerprint density at radius 2 is 1.64 bits per heavy atom. The van der Waals surface area contributed by atoms with Crippen LogP contribution in [0.1, 0.15) is 65.8 Å². The number of aliphatic imine (C=N–C) groups is 1. The van der Waals surface area contributed by atoms with Crippen molar-refractivity contribution in [3.05, 3.63) is 77.0 Å². The van der Waals surface area contributed by atoms with Crippen molar-refractivity contribution >= 4 is 17.9 Å². The van der Waals surface area contributed by atoms with Gasteiger partial charge in [0.25, 0.3) is 0 Å². The monoisotopic (exact) mass is 439 g/mol. The van der Waals surface area contributed by atoms with Crippen molar-refractivity contribution < 1.29 is 14.3 Å². The number of nitrogens with zero attached hydrogens (tertiary/aromatic N) is 1. The van der Waals surface area contributed by atoms with E-state index in [-0.39, 0.29) is 5.56 Å². The third-order valence-electron chi connectivity index (χ3n) is 8.22. The first kappa shape index (κ1) is 20.5. The van der Waals surface area contributed by atoms with Gasteiger partial charge in [0.1, 0.15) is 11.5 Å². The standard InChI is InChI=1S/C29H29NO3/c1-18-10-22(28(31)32)2-8-26(18)27-9-7-25(33-27)17-30-24-5-3-23(4-6-24)29-14-19-11-20(15-29)13-21(12-19)16-29/h2-10,17,19-21H,11-16H2,1H3,(H,31,32). The van der Waals surface area contributed by atoms with E-state index >= 15 is 0 Å². The Morgan fingerprint density at radius 1 is 0.970 bits per heavy atom. The number of carbonyl (C=O) groups is 1. The number of benzene rings is 2. The first-order valence-electron chi connectivity index (χ1n) is 12.1.